The highest BCUT2D eigenvalue weighted by molar-refractivity contribution is 7.07. The first-order valence-electron chi connectivity index (χ1n) is 8.58. The van der Waals surface area contributed by atoms with Crippen LogP contribution in [-0.4, -0.2) is 50.6 Å². The zero-order valence-corrected chi connectivity index (χ0v) is 15.1. The predicted octanol–water partition coefficient (Wildman–Crippen LogP) is 2.67. The van der Waals surface area contributed by atoms with Gasteiger partial charge in [0, 0.05) is 31.4 Å². The van der Waals surface area contributed by atoms with Crippen molar-refractivity contribution in [2.24, 2.45) is 0 Å². The standard InChI is InChI=1S/C18H21N3O4S/c22-18(20-14-1-2-16-17(9-14)25-12-24-16)19-10-15(13-3-8-26-11-13)21-4-6-23-7-5-21/h1-3,8-9,11,15H,4-7,10,12H2,(H2,19,20,22). The first-order chi connectivity index (χ1) is 12.8. The summed E-state index contributed by atoms with van der Waals surface area (Å²) in [5, 5.41) is 10.0. The summed E-state index contributed by atoms with van der Waals surface area (Å²) < 4.78 is 16.1. The molecule has 0 saturated carbocycles. The Hall–Kier alpha value is -2.29. The first kappa shape index (κ1) is 17.1. The van der Waals surface area contributed by atoms with E-state index in [1.165, 1.54) is 5.56 Å². The summed E-state index contributed by atoms with van der Waals surface area (Å²) in [6, 6.07) is 7.37. The Kier molecular flexibility index (Phi) is 5.24. The van der Waals surface area contributed by atoms with E-state index in [9.17, 15) is 4.79 Å². The zero-order chi connectivity index (χ0) is 17.8. The van der Waals surface area contributed by atoms with Crippen LogP contribution in [0.15, 0.2) is 35.0 Å². The molecule has 1 unspecified atom stereocenters. The van der Waals surface area contributed by atoms with E-state index in [1.807, 2.05) is 0 Å². The summed E-state index contributed by atoms with van der Waals surface area (Å²) in [7, 11) is 0. The fraction of sp³-hybridized carbons (Fsp3) is 0.389. The lowest BCUT2D eigenvalue weighted by molar-refractivity contribution is 0.0168. The maximum absolute atomic E-state index is 12.3. The second-order valence-corrected chi connectivity index (χ2v) is 6.90. The van der Waals surface area contributed by atoms with Crippen molar-refractivity contribution in [1.29, 1.82) is 0 Å². The molecule has 2 N–H and O–H groups in total. The number of nitrogens with zero attached hydrogens (tertiary/aromatic N) is 1. The molecule has 0 bridgehead atoms. The second kappa shape index (κ2) is 7.94. The second-order valence-electron chi connectivity index (χ2n) is 6.12. The SMILES string of the molecule is O=C(NCC(c1ccsc1)N1CCOCC1)Nc1ccc2c(c1)OCO2. The molecule has 0 spiro atoms. The number of rotatable bonds is 5. The lowest BCUT2D eigenvalue weighted by Gasteiger charge is -2.34. The van der Waals surface area contributed by atoms with Crippen LogP contribution in [0.25, 0.3) is 0 Å². The third-order valence-corrected chi connectivity index (χ3v) is 5.20. The number of benzene rings is 1. The minimum atomic E-state index is -0.239. The number of urea groups is 1. The molecular formula is C18H21N3O4S. The molecule has 138 valence electrons. The first-order valence-corrected chi connectivity index (χ1v) is 9.52. The van der Waals surface area contributed by atoms with Gasteiger partial charge in [-0.05, 0) is 34.5 Å². The van der Waals surface area contributed by atoms with Crippen LogP contribution >= 0.6 is 11.3 Å². The average molecular weight is 375 g/mol. The molecule has 0 aliphatic carbocycles. The largest absolute Gasteiger partial charge is 0.454 e. The number of morpholine rings is 1. The average Bonchev–Trinajstić information content (AvgIpc) is 3.34. The number of anilines is 1. The molecule has 2 amide bonds. The van der Waals surface area contributed by atoms with E-state index in [2.05, 4.69) is 32.4 Å². The number of hydrogen-bond donors (Lipinski definition) is 2. The van der Waals surface area contributed by atoms with E-state index >= 15 is 0 Å². The van der Waals surface area contributed by atoms with Crippen molar-refractivity contribution in [1.82, 2.24) is 10.2 Å². The van der Waals surface area contributed by atoms with Crippen LogP contribution in [0.1, 0.15) is 11.6 Å². The fourth-order valence-corrected chi connectivity index (χ4v) is 3.86. The topological polar surface area (TPSA) is 72.1 Å². The van der Waals surface area contributed by atoms with Gasteiger partial charge in [0.05, 0.1) is 19.3 Å². The van der Waals surface area contributed by atoms with Crippen molar-refractivity contribution in [2.45, 2.75) is 6.04 Å². The van der Waals surface area contributed by atoms with E-state index in [1.54, 1.807) is 29.5 Å². The van der Waals surface area contributed by atoms with Gasteiger partial charge in [-0.1, -0.05) is 0 Å². The number of amides is 2. The van der Waals surface area contributed by atoms with Crippen LogP contribution in [0.5, 0.6) is 11.5 Å². The van der Waals surface area contributed by atoms with Crippen LogP contribution in [0.2, 0.25) is 0 Å². The summed E-state index contributed by atoms with van der Waals surface area (Å²) >= 11 is 1.67. The van der Waals surface area contributed by atoms with Gasteiger partial charge >= 0.3 is 6.03 Å². The van der Waals surface area contributed by atoms with Gasteiger partial charge in [0.25, 0.3) is 0 Å². The molecule has 8 heteroatoms. The molecule has 1 fully saturated rings. The predicted molar refractivity (Wildman–Crippen MR) is 99.0 cm³/mol. The van der Waals surface area contributed by atoms with Crippen LogP contribution < -0.4 is 20.1 Å². The summed E-state index contributed by atoms with van der Waals surface area (Å²) in [6.45, 7) is 3.94. The molecule has 1 atom stereocenters. The van der Waals surface area contributed by atoms with Crippen molar-refractivity contribution in [3.05, 3.63) is 40.6 Å². The Labute approximate surface area is 155 Å². The molecule has 3 heterocycles. The molecule has 26 heavy (non-hydrogen) atoms. The number of ether oxygens (including phenoxy) is 3. The highest BCUT2D eigenvalue weighted by atomic mass is 32.1. The Morgan fingerprint density at radius 2 is 2.04 bits per heavy atom. The van der Waals surface area contributed by atoms with Gasteiger partial charge in [-0.2, -0.15) is 11.3 Å². The number of fused-ring (bicyclic) bond motifs is 1. The van der Waals surface area contributed by atoms with Gasteiger partial charge in [0.2, 0.25) is 6.79 Å². The van der Waals surface area contributed by atoms with Crippen molar-refractivity contribution in [3.8, 4) is 11.5 Å². The normalized spacial score (nSPS) is 17.7. The maximum atomic E-state index is 12.3. The number of thiophene rings is 1. The lowest BCUT2D eigenvalue weighted by atomic mass is 10.1. The number of carbonyl (C=O) groups is 1. The molecule has 1 saturated heterocycles. The van der Waals surface area contributed by atoms with Gasteiger partial charge in [0.15, 0.2) is 11.5 Å². The molecule has 2 aliphatic heterocycles. The molecule has 0 radical (unpaired) electrons. The van der Waals surface area contributed by atoms with Gasteiger partial charge in [0.1, 0.15) is 0 Å². The molecule has 2 aliphatic rings. The zero-order valence-electron chi connectivity index (χ0n) is 14.3. The highest BCUT2D eigenvalue weighted by Crippen LogP contribution is 2.34. The van der Waals surface area contributed by atoms with E-state index in [0.717, 1.165) is 26.3 Å². The quantitative estimate of drug-likeness (QED) is 0.841. The summed E-state index contributed by atoms with van der Waals surface area (Å²) in [5.74, 6) is 1.34. The molecular weight excluding hydrogens is 354 g/mol. The Balaban J connectivity index is 1.36. The van der Waals surface area contributed by atoms with E-state index in [4.69, 9.17) is 14.2 Å². The maximum Gasteiger partial charge on any atom is 0.319 e. The van der Waals surface area contributed by atoms with Gasteiger partial charge < -0.3 is 24.8 Å². The minimum Gasteiger partial charge on any atom is -0.454 e. The van der Waals surface area contributed by atoms with Gasteiger partial charge in [-0.15, -0.1) is 0 Å². The number of nitrogens with one attached hydrogen (secondary N) is 2. The summed E-state index contributed by atoms with van der Waals surface area (Å²) in [6.07, 6.45) is 0. The van der Waals surface area contributed by atoms with Crippen LogP contribution in [0.4, 0.5) is 10.5 Å². The molecule has 1 aromatic heterocycles. The van der Waals surface area contributed by atoms with Crippen molar-refractivity contribution in [2.75, 3.05) is 45.0 Å². The van der Waals surface area contributed by atoms with Gasteiger partial charge in [-0.25, -0.2) is 4.79 Å². The fourth-order valence-electron chi connectivity index (χ4n) is 3.15. The molecule has 1 aromatic carbocycles. The summed E-state index contributed by atoms with van der Waals surface area (Å²) in [4.78, 5) is 14.7. The monoisotopic (exact) mass is 375 g/mol. The van der Waals surface area contributed by atoms with Crippen LogP contribution in [0.3, 0.4) is 0 Å². The highest BCUT2D eigenvalue weighted by Gasteiger charge is 2.23. The van der Waals surface area contributed by atoms with Crippen molar-refractivity contribution < 1.29 is 19.0 Å². The number of carbonyl (C=O) groups excluding carboxylic acids is 1. The van der Waals surface area contributed by atoms with E-state index < -0.39 is 0 Å². The van der Waals surface area contributed by atoms with Crippen molar-refractivity contribution >= 4 is 23.1 Å². The Bertz CT molecular complexity index is 747. The van der Waals surface area contributed by atoms with E-state index in [0.29, 0.717) is 23.7 Å². The van der Waals surface area contributed by atoms with E-state index in [-0.39, 0.29) is 18.9 Å². The Morgan fingerprint density at radius 3 is 2.85 bits per heavy atom. The minimum absolute atomic E-state index is 0.146. The molecule has 2 aromatic rings. The summed E-state index contributed by atoms with van der Waals surface area (Å²) in [5.41, 5.74) is 1.89. The third-order valence-electron chi connectivity index (χ3n) is 4.50. The smallest absolute Gasteiger partial charge is 0.319 e. The molecule has 4 rings (SSSR count). The lowest BCUT2D eigenvalue weighted by Crippen LogP contribution is -2.44. The number of hydrogen-bond acceptors (Lipinski definition) is 6. The van der Waals surface area contributed by atoms with Gasteiger partial charge in [-0.3, -0.25) is 4.90 Å². The van der Waals surface area contributed by atoms with Crippen LogP contribution in [0, 0.1) is 0 Å². The third kappa shape index (κ3) is 3.92. The van der Waals surface area contributed by atoms with Crippen molar-refractivity contribution in [3.63, 3.8) is 0 Å². The Morgan fingerprint density at radius 1 is 1.19 bits per heavy atom. The molecule has 7 nitrogen and oxygen atoms in total. The van der Waals surface area contributed by atoms with Crippen LogP contribution in [-0.2, 0) is 4.74 Å².